The molecule has 1 amide bonds. The molecule has 0 aliphatic carbocycles. The first-order chi connectivity index (χ1) is 7.87. The van der Waals surface area contributed by atoms with Crippen molar-refractivity contribution in [1.29, 1.82) is 0 Å². The highest BCUT2D eigenvalue weighted by molar-refractivity contribution is 7.91. The van der Waals surface area contributed by atoms with Gasteiger partial charge in [-0.15, -0.1) is 0 Å². The smallest absolute Gasteiger partial charge is 0.411 e. The Labute approximate surface area is 98.6 Å². The summed E-state index contributed by atoms with van der Waals surface area (Å²) in [5.74, 6) is -2.11. The molecule has 1 aliphatic rings. The summed E-state index contributed by atoms with van der Waals surface area (Å²) in [5.41, 5.74) is 0. The summed E-state index contributed by atoms with van der Waals surface area (Å²) in [6.45, 7) is 3.23. The Kier molecular flexibility index (Phi) is 4.11. The highest BCUT2D eigenvalue weighted by atomic mass is 32.2. The van der Waals surface area contributed by atoms with Crippen LogP contribution in [0.3, 0.4) is 0 Å². The lowest BCUT2D eigenvalue weighted by molar-refractivity contribution is -0.142. The highest BCUT2D eigenvalue weighted by Gasteiger charge is 2.38. The molecule has 1 rings (SSSR count). The Hall–Kier alpha value is -1.57. The minimum absolute atomic E-state index is 0.0955. The van der Waals surface area contributed by atoms with Gasteiger partial charge in [-0.1, -0.05) is 12.7 Å². The number of carbonyl (C=O) groups excluding carboxylic acids is 1. The summed E-state index contributed by atoms with van der Waals surface area (Å²) in [5, 5.41) is 8.89. The van der Waals surface area contributed by atoms with Gasteiger partial charge in [-0.3, -0.25) is 4.90 Å². The van der Waals surface area contributed by atoms with E-state index in [9.17, 15) is 18.0 Å². The lowest BCUT2D eigenvalue weighted by atomic mass is 10.2. The number of amides is 1. The first kappa shape index (κ1) is 13.5. The molecule has 1 atom stereocenters. The predicted molar refractivity (Wildman–Crippen MR) is 58.1 cm³/mol. The number of nitrogens with zero attached hydrogens (tertiary/aromatic N) is 1. The third-order valence-electron chi connectivity index (χ3n) is 2.26. The molecule has 0 spiro atoms. The van der Waals surface area contributed by atoms with E-state index in [1.165, 1.54) is 6.08 Å². The molecular formula is C9H13NO6S. The van der Waals surface area contributed by atoms with Crippen molar-refractivity contribution in [1.82, 2.24) is 4.90 Å². The number of carbonyl (C=O) groups is 2. The van der Waals surface area contributed by atoms with Gasteiger partial charge in [-0.2, -0.15) is 0 Å². The summed E-state index contributed by atoms with van der Waals surface area (Å²) < 4.78 is 27.3. The Morgan fingerprint density at radius 3 is 2.71 bits per heavy atom. The molecule has 1 aliphatic heterocycles. The van der Waals surface area contributed by atoms with Crippen molar-refractivity contribution in [3.05, 3.63) is 12.7 Å². The summed E-state index contributed by atoms with van der Waals surface area (Å²) >= 11 is 0. The molecule has 0 saturated carbocycles. The number of aliphatic carboxylic acids is 1. The molecule has 1 unspecified atom stereocenters. The number of hydrogen-bond acceptors (Lipinski definition) is 5. The number of ether oxygens (including phenoxy) is 1. The van der Waals surface area contributed by atoms with Gasteiger partial charge in [-0.05, 0) is 6.42 Å². The number of carboxylic acid groups (broad SMARTS) is 1. The molecule has 1 fully saturated rings. The van der Waals surface area contributed by atoms with Crippen molar-refractivity contribution in [2.24, 2.45) is 0 Å². The van der Waals surface area contributed by atoms with Crippen LogP contribution < -0.4 is 0 Å². The summed E-state index contributed by atoms with van der Waals surface area (Å²) in [6, 6.07) is -1.16. The molecule has 0 bridgehead atoms. The van der Waals surface area contributed by atoms with Crippen molar-refractivity contribution < 1.29 is 27.9 Å². The first-order valence-corrected chi connectivity index (χ1v) is 6.67. The van der Waals surface area contributed by atoms with Crippen LogP contribution in [-0.2, 0) is 19.4 Å². The summed E-state index contributed by atoms with van der Waals surface area (Å²) in [6.07, 6.45) is 0.230. The SMILES string of the molecule is C=CCOC(=O)N1CS(=O)(=O)CCC1C(=O)O. The first-order valence-electron chi connectivity index (χ1n) is 4.85. The molecule has 0 aromatic heterocycles. The molecule has 7 nitrogen and oxygen atoms in total. The van der Waals surface area contributed by atoms with Gasteiger partial charge >= 0.3 is 12.1 Å². The molecule has 1 N–H and O–H groups in total. The van der Waals surface area contributed by atoms with Crippen LogP contribution in [0.1, 0.15) is 6.42 Å². The third kappa shape index (κ3) is 3.45. The molecule has 1 heterocycles. The quantitative estimate of drug-likeness (QED) is 0.710. The van der Waals surface area contributed by atoms with Gasteiger partial charge in [0.25, 0.3) is 0 Å². The Morgan fingerprint density at radius 1 is 1.53 bits per heavy atom. The molecule has 1 saturated heterocycles. The van der Waals surface area contributed by atoms with Gasteiger partial charge in [0.1, 0.15) is 18.5 Å². The van der Waals surface area contributed by atoms with E-state index in [2.05, 4.69) is 11.3 Å². The monoisotopic (exact) mass is 263 g/mol. The molecular weight excluding hydrogens is 250 g/mol. The second-order valence-electron chi connectivity index (χ2n) is 3.55. The lowest BCUT2D eigenvalue weighted by Gasteiger charge is -2.31. The highest BCUT2D eigenvalue weighted by Crippen LogP contribution is 2.17. The van der Waals surface area contributed by atoms with E-state index in [0.29, 0.717) is 4.90 Å². The minimum atomic E-state index is -3.43. The summed E-state index contributed by atoms with van der Waals surface area (Å²) in [7, 11) is -3.43. The van der Waals surface area contributed by atoms with Crippen LogP contribution in [0.25, 0.3) is 0 Å². The molecule has 17 heavy (non-hydrogen) atoms. The number of carboxylic acids is 1. The molecule has 96 valence electrons. The Bertz CT molecular complexity index is 429. The van der Waals surface area contributed by atoms with E-state index < -0.39 is 33.8 Å². The number of rotatable bonds is 3. The van der Waals surface area contributed by atoms with E-state index in [-0.39, 0.29) is 18.8 Å². The molecule has 0 radical (unpaired) electrons. The van der Waals surface area contributed by atoms with E-state index in [0.717, 1.165) is 0 Å². The van der Waals surface area contributed by atoms with Crippen LogP contribution in [0.5, 0.6) is 0 Å². The number of hydrogen-bond donors (Lipinski definition) is 1. The average molecular weight is 263 g/mol. The van der Waals surface area contributed by atoms with Crippen molar-refractivity contribution in [3.63, 3.8) is 0 Å². The zero-order valence-electron chi connectivity index (χ0n) is 9.03. The van der Waals surface area contributed by atoms with E-state index in [1.807, 2.05) is 0 Å². The topological polar surface area (TPSA) is 101 Å². The van der Waals surface area contributed by atoms with Crippen LogP contribution in [0, 0.1) is 0 Å². The summed E-state index contributed by atoms with van der Waals surface area (Å²) in [4.78, 5) is 23.1. The largest absolute Gasteiger partial charge is 0.480 e. The van der Waals surface area contributed by atoms with Crippen LogP contribution in [0.2, 0.25) is 0 Å². The second-order valence-corrected chi connectivity index (χ2v) is 5.71. The number of sulfone groups is 1. The molecule has 0 aromatic rings. The fourth-order valence-corrected chi connectivity index (χ4v) is 2.88. The minimum Gasteiger partial charge on any atom is -0.480 e. The van der Waals surface area contributed by atoms with Gasteiger partial charge in [0.05, 0.1) is 5.75 Å². The van der Waals surface area contributed by atoms with Crippen molar-refractivity contribution in [2.45, 2.75) is 12.5 Å². The Morgan fingerprint density at radius 2 is 2.18 bits per heavy atom. The maximum atomic E-state index is 11.5. The fraction of sp³-hybridized carbons (Fsp3) is 0.556. The second kappa shape index (κ2) is 5.17. The zero-order valence-corrected chi connectivity index (χ0v) is 9.85. The lowest BCUT2D eigenvalue weighted by Crippen LogP contribution is -2.52. The van der Waals surface area contributed by atoms with Gasteiger partial charge in [0.2, 0.25) is 0 Å². The van der Waals surface area contributed by atoms with E-state index >= 15 is 0 Å². The molecule has 0 aromatic carbocycles. The van der Waals surface area contributed by atoms with Gasteiger partial charge < -0.3 is 9.84 Å². The standard InChI is InChI=1S/C9H13NO6S/c1-2-4-16-9(13)10-6-17(14,15)5-3-7(10)8(11)12/h2,7H,1,3-6H2,(H,11,12). The normalized spacial score (nSPS) is 22.8. The van der Waals surface area contributed by atoms with Crippen LogP contribution in [0.15, 0.2) is 12.7 Å². The van der Waals surface area contributed by atoms with Crippen LogP contribution in [-0.4, -0.2) is 54.8 Å². The van der Waals surface area contributed by atoms with E-state index in [1.54, 1.807) is 0 Å². The maximum absolute atomic E-state index is 11.5. The Balaban J connectivity index is 2.84. The average Bonchev–Trinajstić information content (AvgIpc) is 2.24. The maximum Gasteiger partial charge on any atom is 0.411 e. The van der Waals surface area contributed by atoms with Crippen LogP contribution in [0.4, 0.5) is 4.79 Å². The van der Waals surface area contributed by atoms with Crippen molar-refractivity contribution in [2.75, 3.05) is 18.2 Å². The van der Waals surface area contributed by atoms with Crippen molar-refractivity contribution >= 4 is 21.9 Å². The molecule has 8 heteroatoms. The fourth-order valence-electron chi connectivity index (χ4n) is 1.46. The van der Waals surface area contributed by atoms with Gasteiger partial charge in [0, 0.05) is 0 Å². The van der Waals surface area contributed by atoms with Gasteiger partial charge in [-0.25, -0.2) is 18.0 Å². The zero-order chi connectivity index (χ0) is 13.1. The predicted octanol–water partition coefficient (Wildman–Crippen LogP) is -0.160. The van der Waals surface area contributed by atoms with Crippen LogP contribution >= 0.6 is 0 Å². The van der Waals surface area contributed by atoms with Gasteiger partial charge in [0.15, 0.2) is 9.84 Å². The third-order valence-corrected chi connectivity index (χ3v) is 3.79. The van der Waals surface area contributed by atoms with Crippen molar-refractivity contribution in [3.8, 4) is 0 Å². The van der Waals surface area contributed by atoms with E-state index in [4.69, 9.17) is 5.11 Å².